The van der Waals surface area contributed by atoms with E-state index in [2.05, 4.69) is 5.32 Å². The fourth-order valence-electron chi connectivity index (χ4n) is 1.92. The largest absolute Gasteiger partial charge is 0.416 e. The zero-order valence-corrected chi connectivity index (χ0v) is 10.3. The van der Waals surface area contributed by atoms with E-state index in [1.165, 1.54) is 6.07 Å². The molecule has 0 aliphatic carbocycles. The summed E-state index contributed by atoms with van der Waals surface area (Å²) in [7, 11) is 0. The lowest BCUT2D eigenvalue weighted by atomic mass is 10.00. The van der Waals surface area contributed by atoms with Gasteiger partial charge in [0.25, 0.3) is 0 Å². The van der Waals surface area contributed by atoms with E-state index in [-0.39, 0.29) is 11.6 Å². The predicted molar refractivity (Wildman–Crippen MR) is 62.2 cm³/mol. The molecule has 0 amide bonds. The minimum atomic E-state index is -4.31. The van der Waals surface area contributed by atoms with Crippen LogP contribution in [0.1, 0.15) is 31.1 Å². The lowest BCUT2D eigenvalue weighted by Crippen LogP contribution is -2.50. The molecule has 1 aromatic rings. The van der Waals surface area contributed by atoms with Crippen molar-refractivity contribution in [3.8, 4) is 0 Å². The van der Waals surface area contributed by atoms with Gasteiger partial charge in [-0.1, -0.05) is 12.1 Å². The van der Waals surface area contributed by atoms with E-state index < -0.39 is 11.7 Å². The topological polar surface area (TPSA) is 21.3 Å². The van der Waals surface area contributed by atoms with Crippen molar-refractivity contribution in [1.29, 1.82) is 0 Å². The first-order valence-electron chi connectivity index (χ1n) is 5.82. The molecule has 1 aromatic carbocycles. The molecule has 0 radical (unpaired) electrons. The lowest BCUT2D eigenvalue weighted by Gasteiger charge is -2.36. The molecule has 0 unspecified atom stereocenters. The van der Waals surface area contributed by atoms with Gasteiger partial charge >= 0.3 is 6.18 Å². The van der Waals surface area contributed by atoms with Crippen molar-refractivity contribution in [2.45, 2.75) is 31.7 Å². The van der Waals surface area contributed by atoms with Crippen LogP contribution in [0.15, 0.2) is 24.3 Å². The van der Waals surface area contributed by atoms with E-state index in [1.807, 2.05) is 13.8 Å². The summed E-state index contributed by atoms with van der Waals surface area (Å²) in [6.45, 7) is 4.99. The highest BCUT2D eigenvalue weighted by Crippen LogP contribution is 2.32. The maximum atomic E-state index is 12.6. The molecule has 1 aliphatic heterocycles. The van der Waals surface area contributed by atoms with Gasteiger partial charge in [0.2, 0.25) is 0 Å². The smallest absolute Gasteiger partial charge is 0.370 e. The molecule has 5 heteroatoms. The Hall–Kier alpha value is -1.07. The number of rotatable bonds is 1. The van der Waals surface area contributed by atoms with Crippen LogP contribution in [0.4, 0.5) is 13.2 Å². The van der Waals surface area contributed by atoms with Crippen molar-refractivity contribution in [2.24, 2.45) is 0 Å². The first kappa shape index (κ1) is 13.4. The molecule has 0 spiro atoms. The van der Waals surface area contributed by atoms with Crippen molar-refractivity contribution in [2.75, 3.05) is 13.2 Å². The first-order valence-corrected chi connectivity index (χ1v) is 5.82. The highest BCUT2D eigenvalue weighted by atomic mass is 19.4. The van der Waals surface area contributed by atoms with Crippen molar-refractivity contribution < 1.29 is 17.9 Å². The number of alkyl halides is 3. The molecule has 0 bridgehead atoms. The molecule has 1 heterocycles. The third-order valence-electron chi connectivity index (χ3n) is 3.00. The zero-order chi connectivity index (χ0) is 13.4. The minimum Gasteiger partial charge on any atom is -0.370 e. The maximum Gasteiger partial charge on any atom is 0.416 e. The van der Waals surface area contributed by atoms with Gasteiger partial charge in [-0.3, -0.25) is 0 Å². The van der Waals surface area contributed by atoms with Gasteiger partial charge in [-0.05, 0) is 31.5 Å². The summed E-state index contributed by atoms with van der Waals surface area (Å²) in [4.78, 5) is 0. The molecule has 100 valence electrons. The highest BCUT2D eigenvalue weighted by Gasteiger charge is 2.32. The van der Waals surface area contributed by atoms with E-state index in [0.29, 0.717) is 18.7 Å². The zero-order valence-electron chi connectivity index (χ0n) is 10.3. The van der Waals surface area contributed by atoms with E-state index >= 15 is 0 Å². The van der Waals surface area contributed by atoms with Gasteiger partial charge in [0.15, 0.2) is 0 Å². The number of benzene rings is 1. The van der Waals surface area contributed by atoms with Crippen molar-refractivity contribution in [1.82, 2.24) is 5.32 Å². The summed E-state index contributed by atoms with van der Waals surface area (Å²) < 4.78 is 43.4. The molecule has 0 saturated carbocycles. The quantitative estimate of drug-likeness (QED) is 0.836. The molecule has 1 aliphatic rings. The van der Waals surface area contributed by atoms with Crippen LogP contribution in [0.2, 0.25) is 0 Å². The summed E-state index contributed by atoms with van der Waals surface area (Å²) in [6, 6.07) is 5.32. The van der Waals surface area contributed by atoms with Crippen LogP contribution < -0.4 is 5.32 Å². The summed E-state index contributed by atoms with van der Waals surface area (Å²) in [5.41, 5.74) is -0.195. The first-order chi connectivity index (χ1) is 8.28. The Labute approximate surface area is 104 Å². The van der Waals surface area contributed by atoms with E-state index in [9.17, 15) is 13.2 Å². The SMILES string of the molecule is CC1(C)CO[C@@H](c2cccc(C(F)(F)F)c2)CN1. The molecule has 2 nitrogen and oxygen atoms in total. The van der Waals surface area contributed by atoms with E-state index in [4.69, 9.17) is 4.74 Å². The third kappa shape index (κ3) is 3.03. The molecule has 2 rings (SSSR count). The number of hydrogen-bond acceptors (Lipinski definition) is 2. The van der Waals surface area contributed by atoms with E-state index in [0.717, 1.165) is 12.1 Å². The Morgan fingerprint density at radius 2 is 2.06 bits per heavy atom. The van der Waals surface area contributed by atoms with Crippen molar-refractivity contribution >= 4 is 0 Å². The Kier molecular flexibility index (Phi) is 3.38. The molecule has 1 N–H and O–H groups in total. The average molecular weight is 259 g/mol. The third-order valence-corrected chi connectivity index (χ3v) is 3.00. The van der Waals surface area contributed by atoms with Crippen LogP contribution >= 0.6 is 0 Å². The number of nitrogens with one attached hydrogen (secondary N) is 1. The van der Waals surface area contributed by atoms with E-state index in [1.54, 1.807) is 6.07 Å². The van der Waals surface area contributed by atoms with Gasteiger partial charge in [0, 0.05) is 12.1 Å². The Bertz CT molecular complexity index is 418. The van der Waals surface area contributed by atoms with Gasteiger partial charge in [-0.25, -0.2) is 0 Å². The van der Waals surface area contributed by atoms with Gasteiger partial charge in [0.05, 0.1) is 18.3 Å². The second-order valence-corrected chi connectivity index (χ2v) is 5.19. The Balaban J connectivity index is 2.15. The molecule has 1 fully saturated rings. The summed E-state index contributed by atoms with van der Waals surface area (Å²) in [5, 5.41) is 3.26. The average Bonchev–Trinajstić information content (AvgIpc) is 2.28. The minimum absolute atomic E-state index is 0.127. The van der Waals surface area contributed by atoms with Gasteiger partial charge in [0.1, 0.15) is 0 Å². The van der Waals surface area contributed by atoms with Gasteiger partial charge in [-0.2, -0.15) is 13.2 Å². The summed E-state index contributed by atoms with van der Waals surface area (Å²) in [6.07, 6.45) is -4.63. The summed E-state index contributed by atoms with van der Waals surface area (Å²) >= 11 is 0. The standard InChI is InChI=1S/C13H16F3NO/c1-12(2)8-18-11(7-17-12)9-4-3-5-10(6-9)13(14,15)16/h3-6,11,17H,7-8H2,1-2H3/t11-/m1/s1. The van der Waals surface area contributed by atoms with Gasteiger partial charge in [-0.15, -0.1) is 0 Å². The van der Waals surface area contributed by atoms with Crippen LogP contribution in [0.25, 0.3) is 0 Å². The summed E-state index contributed by atoms with van der Waals surface area (Å²) in [5.74, 6) is 0. The fourth-order valence-corrected chi connectivity index (χ4v) is 1.92. The van der Waals surface area contributed by atoms with Crippen LogP contribution in [-0.2, 0) is 10.9 Å². The predicted octanol–water partition coefficient (Wildman–Crippen LogP) is 3.14. The number of hydrogen-bond donors (Lipinski definition) is 1. The number of ether oxygens (including phenoxy) is 1. The number of halogens is 3. The Morgan fingerprint density at radius 3 is 2.61 bits per heavy atom. The van der Waals surface area contributed by atoms with Gasteiger partial charge < -0.3 is 10.1 Å². The van der Waals surface area contributed by atoms with Crippen LogP contribution in [0, 0.1) is 0 Å². The highest BCUT2D eigenvalue weighted by molar-refractivity contribution is 5.27. The van der Waals surface area contributed by atoms with Crippen molar-refractivity contribution in [3.05, 3.63) is 35.4 Å². The fraction of sp³-hybridized carbons (Fsp3) is 0.538. The second kappa shape index (κ2) is 4.55. The van der Waals surface area contributed by atoms with Crippen LogP contribution in [-0.4, -0.2) is 18.7 Å². The molecule has 0 aromatic heterocycles. The maximum absolute atomic E-state index is 12.6. The molecule has 18 heavy (non-hydrogen) atoms. The Morgan fingerprint density at radius 1 is 1.33 bits per heavy atom. The molecular weight excluding hydrogens is 243 g/mol. The molecular formula is C13H16F3NO. The van der Waals surface area contributed by atoms with Crippen LogP contribution in [0.3, 0.4) is 0 Å². The number of morpholine rings is 1. The second-order valence-electron chi connectivity index (χ2n) is 5.19. The van der Waals surface area contributed by atoms with Crippen LogP contribution in [0.5, 0.6) is 0 Å². The normalized spacial score (nSPS) is 23.9. The lowest BCUT2D eigenvalue weighted by molar-refractivity contribution is -0.137. The molecule has 1 saturated heterocycles. The van der Waals surface area contributed by atoms with Crippen molar-refractivity contribution in [3.63, 3.8) is 0 Å². The molecule has 1 atom stereocenters. The monoisotopic (exact) mass is 259 g/mol.